The van der Waals surface area contributed by atoms with Crippen LogP contribution in [0.1, 0.15) is 31.5 Å². The van der Waals surface area contributed by atoms with Crippen molar-refractivity contribution >= 4 is 17.3 Å². The fourth-order valence-electron chi connectivity index (χ4n) is 1.54. The van der Waals surface area contributed by atoms with Crippen LogP contribution in [0.5, 0.6) is 0 Å². The van der Waals surface area contributed by atoms with Gasteiger partial charge in [-0.3, -0.25) is 4.79 Å². The van der Waals surface area contributed by atoms with E-state index in [1.54, 1.807) is 11.3 Å². The van der Waals surface area contributed by atoms with Gasteiger partial charge in [0.1, 0.15) is 0 Å². The highest BCUT2D eigenvalue weighted by Crippen LogP contribution is 2.21. The molecule has 16 heavy (non-hydrogen) atoms. The molecule has 0 amide bonds. The van der Waals surface area contributed by atoms with Crippen LogP contribution < -0.4 is 0 Å². The van der Waals surface area contributed by atoms with Gasteiger partial charge in [-0.25, -0.2) is 4.98 Å². The molecule has 1 rings (SSSR count). The highest BCUT2D eigenvalue weighted by Gasteiger charge is 2.24. The zero-order valence-electron chi connectivity index (χ0n) is 10.3. The summed E-state index contributed by atoms with van der Waals surface area (Å²) in [5.41, 5.74) is 1.10. The molecular formula is C12H19NO2S. The molecule has 0 aliphatic heterocycles. The van der Waals surface area contributed by atoms with Crippen molar-refractivity contribution in [3.8, 4) is 0 Å². The van der Waals surface area contributed by atoms with Crippen molar-refractivity contribution in [2.24, 2.45) is 11.8 Å². The van der Waals surface area contributed by atoms with E-state index in [0.717, 1.165) is 17.1 Å². The molecule has 0 aliphatic carbocycles. The van der Waals surface area contributed by atoms with Gasteiger partial charge in [0.15, 0.2) is 0 Å². The average molecular weight is 241 g/mol. The molecule has 0 bridgehead atoms. The van der Waals surface area contributed by atoms with Crippen LogP contribution >= 0.6 is 11.3 Å². The number of esters is 1. The van der Waals surface area contributed by atoms with Crippen LogP contribution in [0.4, 0.5) is 0 Å². The number of carbonyl (C=O) groups is 1. The van der Waals surface area contributed by atoms with Crippen LogP contribution in [-0.4, -0.2) is 18.1 Å². The van der Waals surface area contributed by atoms with Crippen LogP contribution in [-0.2, 0) is 22.4 Å². The third kappa shape index (κ3) is 3.30. The summed E-state index contributed by atoms with van der Waals surface area (Å²) in [4.78, 5) is 16.1. The van der Waals surface area contributed by atoms with E-state index in [4.69, 9.17) is 4.74 Å². The number of nitrogens with zero attached hydrogens (tertiary/aromatic N) is 1. The van der Waals surface area contributed by atoms with E-state index < -0.39 is 0 Å². The Hall–Kier alpha value is -0.900. The zero-order valence-corrected chi connectivity index (χ0v) is 11.1. The molecule has 0 saturated heterocycles. The van der Waals surface area contributed by atoms with Gasteiger partial charge in [-0.2, -0.15) is 0 Å². The van der Waals surface area contributed by atoms with Gasteiger partial charge in [0.05, 0.1) is 23.7 Å². The van der Waals surface area contributed by atoms with E-state index in [1.807, 2.05) is 13.8 Å². The lowest BCUT2D eigenvalue weighted by Gasteiger charge is -2.16. The number of thiazole rings is 1. The summed E-state index contributed by atoms with van der Waals surface area (Å²) < 4.78 is 4.82. The molecule has 0 fully saturated rings. The second-order valence-corrected chi connectivity index (χ2v) is 5.11. The second kappa shape index (κ2) is 5.99. The number of hydrogen-bond donors (Lipinski definition) is 0. The molecule has 0 aromatic carbocycles. The van der Waals surface area contributed by atoms with Gasteiger partial charge in [-0.15, -0.1) is 11.3 Å². The Morgan fingerprint density at radius 1 is 1.56 bits per heavy atom. The maximum atomic E-state index is 11.6. The minimum absolute atomic E-state index is 0.0825. The highest BCUT2D eigenvalue weighted by molar-refractivity contribution is 7.09. The van der Waals surface area contributed by atoms with Crippen molar-refractivity contribution in [1.29, 1.82) is 0 Å². The van der Waals surface area contributed by atoms with Crippen molar-refractivity contribution in [3.05, 3.63) is 16.1 Å². The number of methoxy groups -OCH3 is 1. The van der Waals surface area contributed by atoms with Gasteiger partial charge in [0.2, 0.25) is 0 Å². The quantitative estimate of drug-likeness (QED) is 0.744. The number of ether oxygens (including phenoxy) is 1. The van der Waals surface area contributed by atoms with Crippen LogP contribution in [0.2, 0.25) is 0 Å². The molecule has 1 aromatic heterocycles. The lowest BCUT2D eigenvalue weighted by atomic mass is 9.93. The van der Waals surface area contributed by atoms with Crippen molar-refractivity contribution in [3.63, 3.8) is 0 Å². The number of aromatic nitrogens is 1. The molecule has 0 saturated carbocycles. The topological polar surface area (TPSA) is 39.2 Å². The smallest absolute Gasteiger partial charge is 0.309 e. The number of aryl methyl sites for hydroxylation is 1. The Morgan fingerprint density at radius 2 is 2.25 bits per heavy atom. The molecule has 0 spiro atoms. The van der Waals surface area contributed by atoms with Crippen molar-refractivity contribution in [2.75, 3.05) is 7.11 Å². The van der Waals surface area contributed by atoms with Crippen LogP contribution in [0.15, 0.2) is 5.38 Å². The number of rotatable bonds is 5. The molecule has 3 nitrogen and oxygen atoms in total. The summed E-state index contributed by atoms with van der Waals surface area (Å²) in [7, 11) is 1.44. The van der Waals surface area contributed by atoms with Gasteiger partial charge in [-0.05, 0) is 12.3 Å². The Kier molecular flexibility index (Phi) is 4.93. The van der Waals surface area contributed by atoms with Gasteiger partial charge in [0, 0.05) is 11.8 Å². The maximum absolute atomic E-state index is 11.6. The number of hydrogen-bond acceptors (Lipinski definition) is 4. The fourth-order valence-corrected chi connectivity index (χ4v) is 2.47. The molecule has 0 N–H and O–H groups in total. The summed E-state index contributed by atoms with van der Waals surface area (Å²) >= 11 is 1.63. The van der Waals surface area contributed by atoms with E-state index in [1.165, 1.54) is 7.11 Å². The van der Waals surface area contributed by atoms with Gasteiger partial charge < -0.3 is 4.74 Å². The van der Waals surface area contributed by atoms with Crippen molar-refractivity contribution in [1.82, 2.24) is 4.98 Å². The average Bonchev–Trinajstić information content (AvgIpc) is 2.72. The first-order valence-electron chi connectivity index (χ1n) is 5.59. The van der Waals surface area contributed by atoms with E-state index in [-0.39, 0.29) is 17.8 Å². The molecule has 4 heteroatoms. The molecule has 0 radical (unpaired) electrons. The standard InChI is InChI=1S/C12H19NO2S/c1-5-9-7-16-11(13-9)6-10(8(2)3)12(14)15-4/h7-8,10H,5-6H2,1-4H3. The van der Waals surface area contributed by atoms with Gasteiger partial charge >= 0.3 is 5.97 Å². The van der Waals surface area contributed by atoms with E-state index >= 15 is 0 Å². The zero-order chi connectivity index (χ0) is 12.1. The monoisotopic (exact) mass is 241 g/mol. The predicted molar refractivity (Wildman–Crippen MR) is 65.5 cm³/mol. The Balaban J connectivity index is 2.71. The van der Waals surface area contributed by atoms with Crippen LogP contribution in [0.25, 0.3) is 0 Å². The minimum atomic E-state index is -0.136. The molecule has 1 heterocycles. The first-order chi connectivity index (χ1) is 7.58. The largest absolute Gasteiger partial charge is 0.469 e. The summed E-state index contributed by atoms with van der Waals surface area (Å²) in [6.07, 6.45) is 1.63. The first kappa shape index (κ1) is 13.2. The van der Waals surface area contributed by atoms with E-state index in [2.05, 4.69) is 17.3 Å². The lowest BCUT2D eigenvalue weighted by molar-refractivity contribution is -0.146. The molecule has 0 aliphatic rings. The summed E-state index contributed by atoms with van der Waals surface area (Å²) in [6.45, 7) is 6.16. The van der Waals surface area contributed by atoms with Crippen molar-refractivity contribution in [2.45, 2.75) is 33.6 Å². The Bertz CT molecular complexity index is 347. The predicted octanol–water partition coefficient (Wildman–Crippen LogP) is 2.69. The molecule has 1 unspecified atom stereocenters. The molecule has 1 atom stereocenters. The van der Waals surface area contributed by atoms with E-state index in [0.29, 0.717) is 6.42 Å². The Morgan fingerprint density at radius 3 is 2.69 bits per heavy atom. The SMILES string of the molecule is CCc1csc(CC(C(=O)OC)C(C)C)n1. The maximum Gasteiger partial charge on any atom is 0.309 e. The third-order valence-electron chi connectivity index (χ3n) is 2.66. The van der Waals surface area contributed by atoms with E-state index in [9.17, 15) is 4.79 Å². The summed E-state index contributed by atoms with van der Waals surface area (Å²) in [5, 5.41) is 3.09. The summed E-state index contributed by atoms with van der Waals surface area (Å²) in [5.74, 6) is 0.0607. The second-order valence-electron chi connectivity index (χ2n) is 4.16. The minimum Gasteiger partial charge on any atom is -0.469 e. The molecular weight excluding hydrogens is 222 g/mol. The highest BCUT2D eigenvalue weighted by atomic mass is 32.1. The van der Waals surface area contributed by atoms with Crippen LogP contribution in [0, 0.1) is 11.8 Å². The van der Waals surface area contributed by atoms with Gasteiger partial charge in [0.25, 0.3) is 0 Å². The fraction of sp³-hybridized carbons (Fsp3) is 0.667. The van der Waals surface area contributed by atoms with Crippen LogP contribution in [0.3, 0.4) is 0 Å². The Labute approximate surface area is 101 Å². The number of carbonyl (C=O) groups excluding carboxylic acids is 1. The molecule has 90 valence electrons. The van der Waals surface area contributed by atoms with Crippen molar-refractivity contribution < 1.29 is 9.53 Å². The van der Waals surface area contributed by atoms with Gasteiger partial charge in [-0.1, -0.05) is 20.8 Å². The summed E-state index contributed by atoms with van der Waals surface area (Å²) in [6, 6.07) is 0. The molecule has 1 aromatic rings. The lowest BCUT2D eigenvalue weighted by Crippen LogP contribution is -2.23. The first-order valence-corrected chi connectivity index (χ1v) is 6.47. The third-order valence-corrected chi connectivity index (χ3v) is 3.58. The normalized spacial score (nSPS) is 12.8.